The summed E-state index contributed by atoms with van der Waals surface area (Å²) in [5.41, 5.74) is 7.65. The van der Waals surface area contributed by atoms with Gasteiger partial charge in [0.15, 0.2) is 0 Å². The summed E-state index contributed by atoms with van der Waals surface area (Å²) < 4.78 is 5.69. The Kier molecular flexibility index (Phi) is 5.32. The molecule has 1 aromatic rings. The van der Waals surface area contributed by atoms with Crippen molar-refractivity contribution in [3.05, 3.63) is 18.2 Å². The molecule has 0 amide bonds. The average molecular weight is 250 g/mol. The molecular formula is C15H26N2O. The average Bonchev–Trinajstić information content (AvgIpc) is 2.31. The minimum absolute atomic E-state index is 0.134. The summed E-state index contributed by atoms with van der Waals surface area (Å²) in [5.74, 6) is 1.39. The molecule has 3 N–H and O–H groups in total. The predicted octanol–water partition coefficient (Wildman–Crippen LogP) is 3.90. The number of hydrogen-bond acceptors (Lipinski definition) is 3. The summed E-state index contributed by atoms with van der Waals surface area (Å²) in [6.07, 6.45) is 1.30. The van der Waals surface area contributed by atoms with Gasteiger partial charge in [-0.1, -0.05) is 20.3 Å². The van der Waals surface area contributed by atoms with Crippen LogP contribution in [0.25, 0.3) is 0 Å². The number of rotatable bonds is 6. The Balaban J connectivity index is 2.78. The molecule has 2 unspecified atom stereocenters. The summed E-state index contributed by atoms with van der Waals surface area (Å²) >= 11 is 0. The van der Waals surface area contributed by atoms with E-state index in [-0.39, 0.29) is 6.10 Å². The molecule has 1 aromatic carbocycles. The van der Waals surface area contributed by atoms with E-state index in [1.54, 1.807) is 0 Å². The Morgan fingerprint density at radius 2 is 1.89 bits per heavy atom. The topological polar surface area (TPSA) is 47.3 Å². The van der Waals surface area contributed by atoms with Gasteiger partial charge in [0.05, 0.1) is 11.8 Å². The minimum atomic E-state index is 0.134. The minimum Gasteiger partial charge on any atom is -0.489 e. The van der Waals surface area contributed by atoms with Crippen LogP contribution in [0.3, 0.4) is 0 Å². The number of ether oxygens (including phenoxy) is 1. The van der Waals surface area contributed by atoms with Gasteiger partial charge >= 0.3 is 0 Å². The monoisotopic (exact) mass is 250 g/mol. The van der Waals surface area contributed by atoms with E-state index in [9.17, 15) is 0 Å². The van der Waals surface area contributed by atoms with Crippen molar-refractivity contribution in [1.29, 1.82) is 0 Å². The molecule has 0 aromatic heterocycles. The molecule has 3 nitrogen and oxygen atoms in total. The van der Waals surface area contributed by atoms with Crippen molar-refractivity contribution in [2.45, 2.75) is 53.2 Å². The van der Waals surface area contributed by atoms with Gasteiger partial charge in [-0.15, -0.1) is 0 Å². The zero-order valence-corrected chi connectivity index (χ0v) is 12.2. The first-order chi connectivity index (χ1) is 8.43. The zero-order chi connectivity index (χ0) is 13.7. The second-order valence-corrected chi connectivity index (χ2v) is 5.24. The van der Waals surface area contributed by atoms with E-state index in [0.29, 0.717) is 17.6 Å². The van der Waals surface area contributed by atoms with Gasteiger partial charge in [0.1, 0.15) is 5.75 Å². The van der Waals surface area contributed by atoms with Gasteiger partial charge in [0.25, 0.3) is 0 Å². The summed E-state index contributed by atoms with van der Waals surface area (Å²) in [5, 5.41) is 3.50. The Hall–Kier alpha value is -1.38. The van der Waals surface area contributed by atoms with Crippen LogP contribution in [-0.2, 0) is 0 Å². The highest BCUT2D eigenvalue weighted by Gasteiger charge is 2.11. The van der Waals surface area contributed by atoms with Crippen LogP contribution in [0.2, 0.25) is 0 Å². The largest absolute Gasteiger partial charge is 0.489 e. The SMILES string of the molecule is CCC(C)C(C)Nc1ccc(N)c(OC(C)C)c1. The fourth-order valence-corrected chi connectivity index (χ4v) is 1.74. The van der Waals surface area contributed by atoms with Crippen LogP contribution >= 0.6 is 0 Å². The van der Waals surface area contributed by atoms with Gasteiger partial charge in [0.2, 0.25) is 0 Å². The molecule has 0 aliphatic carbocycles. The van der Waals surface area contributed by atoms with Gasteiger partial charge in [0, 0.05) is 17.8 Å². The molecule has 0 aliphatic heterocycles. The lowest BCUT2D eigenvalue weighted by molar-refractivity contribution is 0.244. The number of benzene rings is 1. The maximum Gasteiger partial charge on any atom is 0.144 e. The summed E-state index contributed by atoms with van der Waals surface area (Å²) in [6.45, 7) is 10.7. The van der Waals surface area contributed by atoms with Crippen molar-refractivity contribution in [3.8, 4) is 5.75 Å². The predicted molar refractivity (Wildman–Crippen MR) is 79.2 cm³/mol. The van der Waals surface area contributed by atoms with Crippen LogP contribution in [0.4, 0.5) is 11.4 Å². The maximum absolute atomic E-state index is 5.90. The molecule has 0 saturated heterocycles. The smallest absolute Gasteiger partial charge is 0.144 e. The molecule has 18 heavy (non-hydrogen) atoms. The van der Waals surface area contributed by atoms with Crippen molar-refractivity contribution in [2.75, 3.05) is 11.1 Å². The van der Waals surface area contributed by atoms with Gasteiger partial charge in [-0.2, -0.15) is 0 Å². The molecule has 0 spiro atoms. The first kappa shape index (κ1) is 14.7. The quantitative estimate of drug-likeness (QED) is 0.753. The summed E-state index contributed by atoms with van der Waals surface area (Å²) in [6, 6.07) is 6.31. The Morgan fingerprint density at radius 1 is 1.22 bits per heavy atom. The van der Waals surface area contributed by atoms with Crippen LogP contribution < -0.4 is 15.8 Å². The van der Waals surface area contributed by atoms with E-state index in [1.165, 1.54) is 6.42 Å². The van der Waals surface area contributed by atoms with E-state index in [4.69, 9.17) is 10.5 Å². The fourth-order valence-electron chi connectivity index (χ4n) is 1.74. The van der Waals surface area contributed by atoms with Crippen LogP contribution in [0.1, 0.15) is 41.0 Å². The van der Waals surface area contributed by atoms with Crippen LogP contribution in [-0.4, -0.2) is 12.1 Å². The Morgan fingerprint density at radius 3 is 2.44 bits per heavy atom. The number of nitrogens with one attached hydrogen (secondary N) is 1. The molecule has 2 atom stereocenters. The van der Waals surface area contributed by atoms with E-state index in [0.717, 1.165) is 11.4 Å². The Labute approximate surface area is 111 Å². The lowest BCUT2D eigenvalue weighted by Crippen LogP contribution is -2.23. The van der Waals surface area contributed by atoms with Crippen molar-refractivity contribution in [2.24, 2.45) is 5.92 Å². The highest BCUT2D eigenvalue weighted by atomic mass is 16.5. The second-order valence-electron chi connectivity index (χ2n) is 5.24. The van der Waals surface area contributed by atoms with Crippen LogP contribution in [0, 0.1) is 5.92 Å². The van der Waals surface area contributed by atoms with Crippen LogP contribution in [0.5, 0.6) is 5.75 Å². The summed E-state index contributed by atoms with van der Waals surface area (Å²) in [7, 11) is 0. The Bertz CT molecular complexity index is 377. The molecule has 0 heterocycles. The molecule has 0 radical (unpaired) electrons. The highest BCUT2D eigenvalue weighted by Crippen LogP contribution is 2.27. The van der Waals surface area contributed by atoms with Gasteiger partial charge in [-0.05, 0) is 38.8 Å². The highest BCUT2D eigenvalue weighted by molar-refractivity contribution is 5.61. The van der Waals surface area contributed by atoms with Crippen molar-refractivity contribution < 1.29 is 4.74 Å². The third-order valence-corrected chi connectivity index (χ3v) is 3.27. The molecule has 0 aliphatic rings. The molecule has 1 rings (SSSR count). The number of hydrogen-bond donors (Lipinski definition) is 2. The molecule has 0 saturated carbocycles. The zero-order valence-electron chi connectivity index (χ0n) is 12.2. The molecular weight excluding hydrogens is 224 g/mol. The first-order valence-electron chi connectivity index (χ1n) is 6.76. The molecule has 0 fully saturated rings. The molecule has 0 bridgehead atoms. The van der Waals surface area contributed by atoms with Crippen molar-refractivity contribution in [1.82, 2.24) is 0 Å². The first-order valence-corrected chi connectivity index (χ1v) is 6.76. The van der Waals surface area contributed by atoms with Crippen LogP contribution in [0.15, 0.2) is 18.2 Å². The molecule has 102 valence electrons. The number of nitrogen functional groups attached to an aromatic ring is 1. The van der Waals surface area contributed by atoms with E-state index in [2.05, 4.69) is 26.1 Å². The number of anilines is 2. The lowest BCUT2D eigenvalue weighted by atomic mass is 10.0. The van der Waals surface area contributed by atoms with E-state index in [1.807, 2.05) is 32.0 Å². The standard InChI is InChI=1S/C15H26N2O/c1-6-11(4)12(5)17-13-7-8-14(16)15(9-13)18-10(2)3/h7-12,17H,6,16H2,1-5H3. The molecule has 3 heteroatoms. The van der Waals surface area contributed by atoms with Crippen molar-refractivity contribution >= 4 is 11.4 Å². The van der Waals surface area contributed by atoms with Crippen molar-refractivity contribution in [3.63, 3.8) is 0 Å². The fraction of sp³-hybridized carbons (Fsp3) is 0.600. The third kappa shape index (κ3) is 4.13. The maximum atomic E-state index is 5.90. The normalized spacial score (nSPS) is 14.3. The third-order valence-electron chi connectivity index (χ3n) is 3.27. The summed E-state index contributed by atoms with van der Waals surface area (Å²) in [4.78, 5) is 0. The van der Waals surface area contributed by atoms with E-state index < -0.39 is 0 Å². The second kappa shape index (κ2) is 6.53. The van der Waals surface area contributed by atoms with Gasteiger partial charge in [-0.3, -0.25) is 0 Å². The lowest BCUT2D eigenvalue weighted by Gasteiger charge is -2.22. The van der Waals surface area contributed by atoms with Gasteiger partial charge < -0.3 is 15.8 Å². The van der Waals surface area contributed by atoms with E-state index >= 15 is 0 Å². The number of nitrogens with two attached hydrogens (primary N) is 1. The van der Waals surface area contributed by atoms with Gasteiger partial charge in [-0.25, -0.2) is 0 Å².